The van der Waals surface area contributed by atoms with Gasteiger partial charge in [0.1, 0.15) is 5.01 Å². The van der Waals surface area contributed by atoms with Gasteiger partial charge in [-0.3, -0.25) is 9.20 Å². The first kappa shape index (κ1) is 18.8. The summed E-state index contributed by atoms with van der Waals surface area (Å²) >= 11 is 2.94. The van der Waals surface area contributed by atoms with Crippen molar-refractivity contribution in [1.29, 1.82) is 0 Å². The molecule has 3 aromatic heterocycles. The molecule has 0 atom stereocenters. The van der Waals surface area contributed by atoms with Crippen molar-refractivity contribution in [1.82, 2.24) is 24.8 Å². The normalized spacial score (nSPS) is 11.6. The molecule has 1 amide bonds. The van der Waals surface area contributed by atoms with E-state index in [1.54, 1.807) is 0 Å². The molecule has 0 radical (unpaired) electrons. The van der Waals surface area contributed by atoms with Crippen molar-refractivity contribution in [2.24, 2.45) is 0 Å². The number of fused-ring (bicyclic) bond motifs is 3. The SMILES string of the molecule is Cc1cc2nnc(SCCC(=O)Nc3nnc(C(C)C)s3)n2c2ccccc12. The Morgan fingerprint density at radius 1 is 1.21 bits per heavy atom. The third-order valence-corrected chi connectivity index (χ3v) is 6.38. The summed E-state index contributed by atoms with van der Waals surface area (Å²) in [4.78, 5) is 12.2. The second kappa shape index (κ2) is 7.84. The zero-order valence-electron chi connectivity index (χ0n) is 15.8. The van der Waals surface area contributed by atoms with Gasteiger partial charge in [0.25, 0.3) is 0 Å². The molecule has 28 heavy (non-hydrogen) atoms. The monoisotopic (exact) mass is 412 g/mol. The van der Waals surface area contributed by atoms with Gasteiger partial charge in [-0.25, -0.2) is 0 Å². The number of rotatable bonds is 6. The summed E-state index contributed by atoms with van der Waals surface area (Å²) in [5.41, 5.74) is 3.06. The molecule has 0 bridgehead atoms. The van der Waals surface area contributed by atoms with Gasteiger partial charge < -0.3 is 5.32 Å². The fraction of sp³-hybridized carbons (Fsp3) is 0.316. The number of para-hydroxylation sites is 1. The Kier molecular flexibility index (Phi) is 5.27. The van der Waals surface area contributed by atoms with Crippen LogP contribution in [0, 0.1) is 6.92 Å². The number of hydrogen-bond acceptors (Lipinski definition) is 7. The van der Waals surface area contributed by atoms with Crippen molar-refractivity contribution < 1.29 is 4.79 Å². The van der Waals surface area contributed by atoms with Crippen molar-refractivity contribution in [3.8, 4) is 0 Å². The standard InChI is InChI=1S/C19H20N6OS2/c1-11(2)17-22-23-18(28-17)20-16(26)8-9-27-19-24-21-15-10-12(3)13-6-4-5-7-14(13)25(15)19/h4-7,10-11H,8-9H2,1-3H3,(H,20,23,26). The number of thioether (sulfide) groups is 1. The van der Waals surface area contributed by atoms with Crippen LogP contribution in [0.1, 0.15) is 36.8 Å². The predicted octanol–water partition coefficient (Wildman–Crippen LogP) is 4.29. The minimum absolute atomic E-state index is 0.0755. The Hall–Kier alpha value is -2.52. The molecule has 4 rings (SSSR count). The minimum atomic E-state index is -0.0755. The third kappa shape index (κ3) is 3.72. The number of amides is 1. The number of aryl methyl sites for hydroxylation is 1. The van der Waals surface area contributed by atoms with Gasteiger partial charge in [-0.15, -0.1) is 20.4 Å². The van der Waals surface area contributed by atoms with Crippen LogP contribution < -0.4 is 5.32 Å². The smallest absolute Gasteiger partial charge is 0.227 e. The maximum absolute atomic E-state index is 12.2. The van der Waals surface area contributed by atoms with Gasteiger partial charge in [0.05, 0.1) is 5.52 Å². The van der Waals surface area contributed by atoms with Crippen LogP contribution in [-0.2, 0) is 4.79 Å². The van der Waals surface area contributed by atoms with Crippen LogP contribution in [0.3, 0.4) is 0 Å². The summed E-state index contributed by atoms with van der Waals surface area (Å²) in [5, 5.41) is 23.0. The Balaban J connectivity index is 1.44. The number of nitrogens with zero attached hydrogens (tertiary/aromatic N) is 5. The number of pyridine rings is 1. The molecule has 3 heterocycles. The van der Waals surface area contributed by atoms with Crippen LogP contribution in [0.5, 0.6) is 0 Å². The topological polar surface area (TPSA) is 85.1 Å². The van der Waals surface area contributed by atoms with Crippen molar-refractivity contribution in [2.45, 2.75) is 38.3 Å². The molecule has 0 unspecified atom stereocenters. The highest BCUT2D eigenvalue weighted by molar-refractivity contribution is 7.99. The van der Waals surface area contributed by atoms with Crippen LogP contribution in [0.2, 0.25) is 0 Å². The maximum atomic E-state index is 12.2. The Bertz CT molecular complexity index is 1150. The molecule has 0 spiro atoms. The lowest BCUT2D eigenvalue weighted by Crippen LogP contribution is -2.12. The number of aromatic nitrogens is 5. The first-order valence-electron chi connectivity index (χ1n) is 9.02. The summed E-state index contributed by atoms with van der Waals surface area (Å²) in [6.45, 7) is 6.18. The van der Waals surface area contributed by atoms with Crippen LogP contribution in [0.25, 0.3) is 16.6 Å². The van der Waals surface area contributed by atoms with E-state index in [-0.39, 0.29) is 5.91 Å². The van der Waals surface area contributed by atoms with E-state index in [9.17, 15) is 4.79 Å². The minimum Gasteiger partial charge on any atom is -0.301 e. The van der Waals surface area contributed by atoms with Crippen molar-refractivity contribution >= 4 is 50.7 Å². The molecule has 0 aliphatic rings. The molecule has 0 saturated heterocycles. The summed E-state index contributed by atoms with van der Waals surface area (Å²) in [5.74, 6) is 0.830. The van der Waals surface area contributed by atoms with E-state index < -0.39 is 0 Å². The van der Waals surface area contributed by atoms with Gasteiger partial charge in [0.15, 0.2) is 10.8 Å². The summed E-state index contributed by atoms with van der Waals surface area (Å²) in [6, 6.07) is 10.2. The third-order valence-electron chi connectivity index (χ3n) is 4.31. The number of hydrogen-bond donors (Lipinski definition) is 1. The van der Waals surface area contributed by atoms with E-state index >= 15 is 0 Å². The van der Waals surface area contributed by atoms with Crippen molar-refractivity contribution in [3.05, 3.63) is 40.9 Å². The highest BCUT2D eigenvalue weighted by Gasteiger charge is 2.13. The number of carbonyl (C=O) groups is 1. The van der Waals surface area contributed by atoms with Gasteiger partial charge in [0.2, 0.25) is 11.0 Å². The molecule has 0 aliphatic carbocycles. The summed E-state index contributed by atoms with van der Waals surface area (Å²) < 4.78 is 2.05. The molecule has 0 saturated carbocycles. The first-order chi connectivity index (χ1) is 13.5. The molecule has 4 aromatic rings. The quantitative estimate of drug-likeness (QED) is 0.476. The van der Waals surface area contributed by atoms with E-state index in [1.165, 1.54) is 34.0 Å². The first-order valence-corrected chi connectivity index (χ1v) is 10.8. The van der Waals surface area contributed by atoms with E-state index in [1.807, 2.05) is 22.6 Å². The number of nitrogens with one attached hydrogen (secondary N) is 1. The number of carbonyl (C=O) groups excluding carboxylic acids is 1. The lowest BCUT2D eigenvalue weighted by molar-refractivity contribution is -0.115. The van der Waals surface area contributed by atoms with Crippen LogP contribution in [-0.4, -0.2) is 36.5 Å². The van der Waals surface area contributed by atoms with E-state index in [0.717, 1.165) is 21.3 Å². The van der Waals surface area contributed by atoms with Crippen LogP contribution >= 0.6 is 23.1 Å². The highest BCUT2D eigenvalue weighted by atomic mass is 32.2. The van der Waals surface area contributed by atoms with Gasteiger partial charge in [-0.05, 0) is 24.6 Å². The molecular formula is C19H20N6OS2. The molecule has 0 aliphatic heterocycles. The fourth-order valence-corrected chi connectivity index (χ4v) is 4.55. The molecule has 144 valence electrons. The van der Waals surface area contributed by atoms with Crippen molar-refractivity contribution in [2.75, 3.05) is 11.1 Å². The van der Waals surface area contributed by atoms with Crippen LogP contribution in [0.4, 0.5) is 5.13 Å². The van der Waals surface area contributed by atoms with Crippen molar-refractivity contribution in [3.63, 3.8) is 0 Å². The largest absolute Gasteiger partial charge is 0.301 e. The molecule has 1 aromatic carbocycles. The number of benzene rings is 1. The number of anilines is 1. The average molecular weight is 413 g/mol. The predicted molar refractivity (Wildman–Crippen MR) is 113 cm³/mol. The average Bonchev–Trinajstić information content (AvgIpc) is 3.29. The lowest BCUT2D eigenvalue weighted by atomic mass is 10.1. The summed E-state index contributed by atoms with van der Waals surface area (Å²) in [6.07, 6.45) is 0.361. The zero-order chi connectivity index (χ0) is 19.7. The van der Waals surface area contributed by atoms with Gasteiger partial charge in [-0.2, -0.15) is 0 Å². The second-order valence-electron chi connectivity index (χ2n) is 6.77. The van der Waals surface area contributed by atoms with Crippen LogP contribution in [0.15, 0.2) is 35.5 Å². The fourth-order valence-electron chi connectivity index (χ4n) is 2.90. The lowest BCUT2D eigenvalue weighted by Gasteiger charge is -2.07. The Morgan fingerprint density at radius 2 is 2.04 bits per heavy atom. The second-order valence-corrected chi connectivity index (χ2v) is 8.84. The molecular weight excluding hydrogens is 392 g/mol. The van der Waals surface area contributed by atoms with E-state index in [4.69, 9.17) is 0 Å². The molecule has 9 heteroatoms. The van der Waals surface area contributed by atoms with Gasteiger partial charge in [-0.1, -0.05) is 55.1 Å². The zero-order valence-corrected chi connectivity index (χ0v) is 17.5. The van der Waals surface area contributed by atoms with E-state index in [0.29, 0.717) is 23.2 Å². The molecule has 0 fully saturated rings. The van der Waals surface area contributed by atoms with E-state index in [2.05, 4.69) is 58.6 Å². The summed E-state index contributed by atoms with van der Waals surface area (Å²) in [7, 11) is 0. The molecule has 7 nitrogen and oxygen atoms in total. The maximum Gasteiger partial charge on any atom is 0.227 e. The van der Waals surface area contributed by atoms with Gasteiger partial charge >= 0.3 is 0 Å². The molecule has 1 N–H and O–H groups in total. The Labute approximate surface area is 170 Å². The Morgan fingerprint density at radius 3 is 2.82 bits per heavy atom. The highest BCUT2D eigenvalue weighted by Crippen LogP contribution is 2.26. The van der Waals surface area contributed by atoms with Gasteiger partial charge in [0, 0.05) is 23.5 Å².